The van der Waals surface area contributed by atoms with Gasteiger partial charge >= 0.3 is 0 Å². The fourth-order valence-electron chi connectivity index (χ4n) is 4.39. The summed E-state index contributed by atoms with van der Waals surface area (Å²) in [5, 5.41) is 0. The highest BCUT2D eigenvalue weighted by molar-refractivity contribution is 6.10. The van der Waals surface area contributed by atoms with E-state index in [0.29, 0.717) is 17.9 Å². The van der Waals surface area contributed by atoms with E-state index < -0.39 is 0 Å². The average molecular weight is 338 g/mol. The van der Waals surface area contributed by atoms with Gasteiger partial charge in [0.2, 0.25) is 0 Å². The van der Waals surface area contributed by atoms with Crippen molar-refractivity contribution in [1.29, 1.82) is 0 Å². The molecule has 0 aromatic rings. The van der Waals surface area contributed by atoms with Gasteiger partial charge in [-0.2, -0.15) is 0 Å². The zero-order valence-corrected chi connectivity index (χ0v) is 16.4. The second kappa shape index (κ2) is 8.34. The molecule has 0 N–H and O–H groups in total. The maximum atomic E-state index is 5.04. The zero-order chi connectivity index (χ0) is 17.8. The Bertz CT molecular complexity index is 616. The fourth-order valence-corrected chi connectivity index (χ4v) is 4.39. The number of hydrogen-bond acceptors (Lipinski definition) is 1. The summed E-state index contributed by atoms with van der Waals surface area (Å²) in [5.74, 6) is 2.06. The van der Waals surface area contributed by atoms with Crippen molar-refractivity contribution >= 4 is 5.71 Å². The molecule has 0 amide bonds. The van der Waals surface area contributed by atoms with Crippen LogP contribution in [0, 0.1) is 17.8 Å². The summed E-state index contributed by atoms with van der Waals surface area (Å²) in [6.45, 7) is 11.3. The zero-order valence-electron chi connectivity index (χ0n) is 16.4. The Kier molecular flexibility index (Phi) is 6.15. The van der Waals surface area contributed by atoms with Gasteiger partial charge < -0.3 is 0 Å². The first-order valence-corrected chi connectivity index (χ1v) is 10.4. The molecule has 0 spiro atoms. The van der Waals surface area contributed by atoms with Crippen molar-refractivity contribution < 1.29 is 0 Å². The third-order valence-electron chi connectivity index (χ3n) is 6.41. The standard InChI is InChI=1S/C24H35N/c1-5-18(3)25-24-16-22(20-9-7-6-8-10-20)15-23(19(24)4)21-13-11-17(2)12-14-21/h6-7,13,16-18,20,23H,4-5,8-12,14-15H2,1-3H3. The number of nitrogens with zero attached hydrogens (tertiary/aromatic N) is 1. The predicted octanol–water partition coefficient (Wildman–Crippen LogP) is 6.83. The van der Waals surface area contributed by atoms with Crippen LogP contribution in [0.15, 0.2) is 52.6 Å². The Morgan fingerprint density at radius 1 is 1.20 bits per heavy atom. The lowest BCUT2D eigenvalue weighted by atomic mass is 9.71. The first-order valence-electron chi connectivity index (χ1n) is 10.4. The van der Waals surface area contributed by atoms with Crippen LogP contribution in [-0.2, 0) is 0 Å². The van der Waals surface area contributed by atoms with Crippen LogP contribution in [0.3, 0.4) is 0 Å². The third kappa shape index (κ3) is 4.43. The van der Waals surface area contributed by atoms with Crippen molar-refractivity contribution in [2.45, 2.75) is 78.2 Å². The minimum Gasteiger partial charge on any atom is -0.282 e. The van der Waals surface area contributed by atoms with E-state index in [9.17, 15) is 0 Å². The van der Waals surface area contributed by atoms with Crippen LogP contribution in [0.4, 0.5) is 0 Å². The molecule has 3 aliphatic rings. The Balaban J connectivity index is 1.90. The highest BCUT2D eigenvalue weighted by Gasteiger charge is 2.30. The van der Waals surface area contributed by atoms with Crippen LogP contribution in [0.5, 0.6) is 0 Å². The van der Waals surface area contributed by atoms with Gasteiger partial charge in [0, 0.05) is 12.0 Å². The largest absolute Gasteiger partial charge is 0.282 e. The second-order valence-corrected chi connectivity index (χ2v) is 8.41. The molecule has 0 aromatic heterocycles. The summed E-state index contributed by atoms with van der Waals surface area (Å²) < 4.78 is 0. The van der Waals surface area contributed by atoms with Crippen molar-refractivity contribution in [2.75, 3.05) is 0 Å². The van der Waals surface area contributed by atoms with E-state index in [1.165, 1.54) is 56.2 Å². The molecule has 4 atom stereocenters. The summed E-state index contributed by atoms with van der Waals surface area (Å²) in [6.07, 6.45) is 19.5. The van der Waals surface area contributed by atoms with Crippen LogP contribution in [0.1, 0.15) is 72.1 Å². The molecule has 0 bridgehead atoms. The Hall–Kier alpha value is -1.37. The smallest absolute Gasteiger partial charge is 0.0609 e. The van der Waals surface area contributed by atoms with Gasteiger partial charge in [-0.15, -0.1) is 0 Å². The molecular weight excluding hydrogens is 302 g/mol. The van der Waals surface area contributed by atoms with Crippen LogP contribution in [0.2, 0.25) is 0 Å². The van der Waals surface area contributed by atoms with Crippen molar-refractivity contribution in [3.8, 4) is 0 Å². The Labute approximate surface area is 154 Å². The molecule has 0 aliphatic heterocycles. The fraction of sp³-hybridized carbons (Fsp3) is 0.625. The van der Waals surface area contributed by atoms with Crippen LogP contribution < -0.4 is 0 Å². The Morgan fingerprint density at radius 2 is 2.04 bits per heavy atom. The molecule has 136 valence electrons. The molecule has 3 aliphatic carbocycles. The van der Waals surface area contributed by atoms with Gasteiger partial charge in [-0.1, -0.05) is 49.8 Å². The SMILES string of the molecule is C=C1C(=NC(C)CC)C=C(C2CC=CCC2)CC1C1=CCC(C)CC1. The van der Waals surface area contributed by atoms with Gasteiger partial charge in [0.15, 0.2) is 0 Å². The number of aliphatic imine (C=N–C) groups is 1. The van der Waals surface area contributed by atoms with Gasteiger partial charge in [0.1, 0.15) is 0 Å². The van der Waals surface area contributed by atoms with E-state index in [2.05, 4.69) is 51.7 Å². The van der Waals surface area contributed by atoms with Crippen molar-refractivity contribution in [3.63, 3.8) is 0 Å². The Morgan fingerprint density at radius 3 is 2.68 bits per heavy atom. The van der Waals surface area contributed by atoms with Gasteiger partial charge in [0.25, 0.3) is 0 Å². The monoisotopic (exact) mass is 337 g/mol. The summed E-state index contributed by atoms with van der Waals surface area (Å²) in [5.41, 5.74) is 5.73. The van der Waals surface area contributed by atoms with Gasteiger partial charge in [-0.25, -0.2) is 0 Å². The van der Waals surface area contributed by atoms with E-state index in [1.807, 2.05) is 0 Å². The third-order valence-corrected chi connectivity index (χ3v) is 6.41. The highest BCUT2D eigenvalue weighted by atomic mass is 14.8. The maximum Gasteiger partial charge on any atom is 0.0609 e. The topological polar surface area (TPSA) is 12.4 Å². The summed E-state index contributed by atoms with van der Waals surface area (Å²) in [6, 6.07) is 0.384. The molecule has 0 heterocycles. The van der Waals surface area contributed by atoms with Gasteiger partial charge in [-0.3, -0.25) is 4.99 Å². The lowest BCUT2D eigenvalue weighted by Gasteiger charge is -2.34. The summed E-state index contributed by atoms with van der Waals surface area (Å²) in [4.78, 5) is 5.04. The highest BCUT2D eigenvalue weighted by Crippen LogP contribution is 2.42. The van der Waals surface area contributed by atoms with Crippen LogP contribution in [0.25, 0.3) is 0 Å². The predicted molar refractivity (Wildman–Crippen MR) is 110 cm³/mol. The van der Waals surface area contributed by atoms with E-state index >= 15 is 0 Å². The second-order valence-electron chi connectivity index (χ2n) is 8.41. The van der Waals surface area contributed by atoms with Gasteiger partial charge in [-0.05, 0) is 81.8 Å². The van der Waals surface area contributed by atoms with Crippen molar-refractivity contribution in [1.82, 2.24) is 0 Å². The van der Waals surface area contributed by atoms with Gasteiger partial charge in [0.05, 0.1) is 5.71 Å². The minimum atomic E-state index is 0.384. The molecule has 0 fully saturated rings. The summed E-state index contributed by atoms with van der Waals surface area (Å²) in [7, 11) is 0. The molecule has 1 nitrogen and oxygen atoms in total. The van der Waals surface area contributed by atoms with Crippen LogP contribution >= 0.6 is 0 Å². The van der Waals surface area contributed by atoms with E-state index in [0.717, 1.165) is 12.3 Å². The minimum absolute atomic E-state index is 0.384. The van der Waals surface area contributed by atoms with E-state index in [4.69, 9.17) is 4.99 Å². The molecular formula is C24H35N. The lowest BCUT2D eigenvalue weighted by molar-refractivity contribution is 0.471. The number of rotatable bonds is 4. The molecule has 0 saturated heterocycles. The first kappa shape index (κ1) is 18.4. The molecule has 0 saturated carbocycles. The van der Waals surface area contributed by atoms with Crippen molar-refractivity contribution in [2.24, 2.45) is 22.7 Å². The molecule has 25 heavy (non-hydrogen) atoms. The normalized spacial score (nSPS) is 33.2. The molecule has 0 radical (unpaired) electrons. The average Bonchev–Trinajstić information content (AvgIpc) is 2.65. The first-order chi connectivity index (χ1) is 12.1. The molecule has 4 unspecified atom stereocenters. The summed E-state index contributed by atoms with van der Waals surface area (Å²) >= 11 is 0. The lowest BCUT2D eigenvalue weighted by Crippen LogP contribution is -2.25. The maximum absolute atomic E-state index is 5.04. The molecule has 0 aromatic carbocycles. The van der Waals surface area contributed by atoms with Crippen LogP contribution in [-0.4, -0.2) is 11.8 Å². The van der Waals surface area contributed by atoms with Crippen molar-refractivity contribution in [3.05, 3.63) is 47.6 Å². The van der Waals surface area contributed by atoms with E-state index in [-0.39, 0.29) is 0 Å². The molecule has 3 rings (SSSR count). The molecule has 1 heteroatoms. The quantitative estimate of drug-likeness (QED) is 0.498. The number of hydrogen-bond donors (Lipinski definition) is 0. The number of allylic oxidation sites excluding steroid dienone is 7. The van der Waals surface area contributed by atoms with E-state index in [1.54, 1.807) is 11.1 Å².